The summed E-state index contributed by atoms with van der Waals surface area (Å²) in [5.41, 5.74) is 2.67. The van der Waals surface area contributed by atoms with Gasteiger partial charge in [-0.05, 0) is 48.4 Å². The molecule has 2 rings (SSSR count). The number of allylic oxidation sites excluding steroid dienone is 2. The van der Waals surface area contributed by atoms with Crippen LogP contribution in [0.15, 0.2) is 63.6 Å². The van der Waals surface area contributed by atoms with Crippen molar-refractivity contribution in [2.24, 2.45) is 0 Å². The molecule has 0 heterocycles. The molecule has 0 saturated heterocycles. The molecule has 0 aliphatic carbocycles. The molecule has 2 aromatic rings. The van der Waals surface area contributed by atoms with Gasteiger partial charge in [0.15, 0.2) is 5.78 Å². The van der Waals surface area contributed by atoms with E-state index < -0.39 is 0 Å². The third-order valence-electron chi connectivity index (χ3n) is 2.74. The molecule has 2 aromatic carbocycles. The Bertz CT molecular complexity index is 645. The van der Waals surface area contributed by atoms with Gasteiger partial charge >= 0.3 is 0 Å². The average Bonchev–Trinajstić information content (AvgIpc) is 2.38. The lowest BCUT2D eigenvalue weighted by Crippen LogP contribution is -1.95. The highest BCUT2D eigenvalue weighted by molar-refractivity contribution is 9.10. The van der Waals surface area contributed by atoms with Crippen molar-refractivity contribution in [3.8, 4) is 0 Å². The van der Waals surface area contributed by atoms with Crippen LogP contribution in [0, 0.1) is 0 Å². The number of carbonyl (C=O) groups excluding carboxylic acids is 1. The fraction of sp³-hybridized carbons (Fsp3) is 0.0625. The van der Waals surface area contributed by atoms with Gasteiger partial charge in [-0.2, -0.15) is 0 Å². The van der Waals surface area contributed by atoms with Crippen LogP contribution in [0.4, 0.5) is 0 Å². The highest BCUT2D eigenvalue weighted by atomic mass is 79.9. The minimum absolute atomic E-state index is 0.0128. The molecule has 0 atom stereocenters. The maximum Gasteiger partial charge on any atom is 0.186 e. The molecule has 96 valence electrons. The Labute approximate surface area is 129 Å². The van der Waals surface area contributed by atoms with Crippen LogP contribution in [0.3, 0.4) is 0 Å². The van der Waals surface area contributed by atoms with Gasteiger partial charge in [0.2, 0.25) is 0 Å². The van der Waals surface area contributed by atoms with Gasteiger partial charge in [0.1, 0.15) is 0 Å². The molecule has 0 fully saturated rings. The second-order valence-corrected chi connectivity index (χ2v) is 6.04. The van der Waals surface area contributed by atoms with Crippen molar-refractivity contribution in [2.45, 2.75) is 6.92 Å². The number of hydrogen-bond donors (Lipinski definition) is 0. The summed E-state index contributed by atoms with van der Waals surface area (Å²) in [5.74, 6) is 0.0128. The van der Waals surface area contributed by atoms with Crippen molar-refractivity contribution in [3.05, 3.63) is 74.7 Å². The van der Waals surface area contributed by atoms with E-state index in [2.05, 4.69) is 31.9 Å². The van der Waals surface area contributed by atoms with E-state index in [0.29, 0.717) is 5.56 Å². The Balaban J connectivity index is 2.28. The van der Waals surface area contributed by atoms with E-state index in [0.717, 1.165) is 20.1 Å². The van der Waals surface area contributed by atoms with Gasteiger partial charge < -0.3 is 0 Å². The second-order valence-electron chi connectivity index (χ2n) is 4.21. The first-order valence-corrected chi connectivity index (χ1v) is 7.39. The van der Waals surface area contributed by atoms with E-state index in [1.165, 1.54) is 0 Å². The van der Waals surface area contributed by atoms with Crippen LogP contribution in [-0.2, 0) is 0 Å². The van der Waals surface area contributed by atoms with Gasteiger partial charge in [-0.25, -0.2) is 0 Å². The lowest BCUT2D eigenvalue weighted by Gasteiger charge is -2.03. The summed E-state index contributed by atoms with van der Waals surface area (Å²) in [7, 11) is 0. The van der Waals surface area contributed by atoms with E-state index in [4.69, 9.17) is 0 Å². The van der Waals surface area contributed by atoms with Crippen molar-refractivity contribution in [2.75, 3.05) is 0 Å². The summed E-state index contributed by atoms with van der Waals surface area (Å²) in [6.45, 7) is 1.94. The lowest BCUT2D eigenvalue weighted by molar-refractivity contribution is 0.104. The van der Waals surface area contributed by atoms with Crippen molar-refractivity contribution in [3.63, 3.8) is 0 Å². The number of ketones is 1. The molecule has 0 radical (unpaired) electrons. The van der Waals surface area contributed by atoms with Crippen LogP contribution in [-0.4, -0.2) is 5.78 Å². The van der Waals surface area contributed by atoms with E-state index in [1.54, 1.807) is 6.08 Å². The maximum atomic E-state index is 12.2. The van der Waals surface area contributed by atoms with Crippen LogP contribution < -0.4 is 0 Å². The van der Waals surface area contributed by atoms with Crippen LogP contribution in [0.2, 0.25) is 0 Å². The highest BCUT2D eigenvalue weighted by Gasteiger charge is 2.05. The Morgan fingerprint density at radius 1 is 0.947 bits per heavy atom. The summed E-state index contributed by atoms with van der Waals surface area (Å²) in [5, 5.41) is 0. The molecule has 0 amide bonds. The van der Waals surface area contributed by atoms with Crippen molar-refractivity contribution in [1.29, 1.82) is 0 Å². The first-order valence-electron chi connectivity index (χ1n) is 5.80. The Morgan fingerprint density at radius 2 is 1.47 bits per heavy atom. The van der Waals surface area contributed by atoms with E-state index in [9.17, 15) is 4.79 Å². The number of benzene rings is 2. The number of carbonyl (C=O) groups is 1. The smallest absolute Gasteiger partial charge is 0.186 e. The van der Waals surface area contributed by atoms with Crippen molar-refractivity contribution >= 4 is 43.2 Å². The van der Waals surface area contributed by atoms with Gasteiger partial charge in [-0.15, -0.1) is 0 Å². The van der Waals surface area contributed by atoms with Crippen LogP contribution in [0.25, 0.3) is 5.57 Å². The predicted octanol–water partition coefficient (Wildman–Crippen LogP) is 5.50. The zero-order chi connectivity index (χ0) is 13.8. The fourth-order valence-corrected chi connectivity index (χ4v) is 2.54. The summed E-state index contributed by atoms with van der Waals surface area (Å²) in [6, 6.07) is 15.3. The summed E-state index contributed by atoms with van der Waals surface area (Å²) in [6.07, 6.45) is 1.67. The number of rotatable bonds is 3. The fourth-order valence-electron chi connectivity index (χ4n) is 1.74. The third kappa shape index (κ3) is 3.88. The van der Waals surface area contributed by atoms with E-state index in [1.807, 2.05) is 55.5 Å². The molecule has 0 unspecified atom stereocenters. The zero-order valence-corrected chi connectivity index (χ0v) is 13.5. The Hall–Kier alpha value is -1.19. The van der Waals surface area contributed by atoms with E-state index in [-0.39, 0.29) is 5.78 Å². The average molecular weight is 380 g/mol. The lowest BCUT2D eigenvalue weighted by atomic mass is 10.0. The molecule has 0 aliphatic rings. The standard InChI is InChI=1S/C16H12Br2O/c1-11(12-4-2-6-14(17)9-12)8-16(19)13-5-3-7-15(18)10-13/h2-10H,1H3/b11-8-. The molecular weight excluding hydrogens is 368 g/mol. The summed E-state index contributed by atoms with van der Waals surface area (Å²) in [4.78, 5) is 12.2. The van der Waals surface area contributed by atoms with Crippen LogP contribution >= 0.6 is 31.9 Å². The van der Waals surface area contributed by atoms with Crippen LogP contribution in [0.5, 0.6) is 0 Å². The molecule has 0 aromatic heterocycles. The first kappa shape index (κ1) is 14.2. The Morgan fingerprint density at radius 3 is 2.05 bits per heavy atom. The summed E-state index contributed by atoms with van der Waals surface area (Å²) < 4.78 is 1.92. The van der Waals surface area contributed by atoms with Crippen molar-refractivity contribution in [1.82, 2.24) is 0 Å². The highest BCUT2D eigenvalue weighted by Crippen LogP contribution is 2.20. The second kappa shape index (κ2) is 6.31. The Kier molecular flexibility index (Phi) is 4.72. The molecule has 19 heavy (non-hydrogen) atoms. The van der Waals surface area contributed by atoms with Crippen LogP contribution in [0.1, 0.15) is 22.8 Å². The van der Waals surface area contributed by atoms with Gasteiger partial charge in [-0.1, -0.05) is 56.1 Å². The van der Waals surface area contributed by atoms with Gasteiger partial charge in [0.25, 0.3) is 0 Å². The molecule has 0 aliphatic heterocycles. The number of hydrogen-bond acceptors (Lipinski definition) is 1. The normalized spacial score (nSPS) is 11.4. The van der Waals surface area contributed by atoms with Gasteiger partial charge in [0.05, 0.1) is 0 Å². The third-order valence-corrected chi connectivity index (χ3v) is 3.72. The molecule has 0 spiro atoms. The van der Waals surface area contributed by atoms with Crippen molar-refractivity contribution < 1.29 is 4.79 Å². The summed E-state index contributed by atoms with van der Waals surface area (Å²) >= 11 is 6.80. The van der Waals surface area contributed by atoms with E-state index >= 15 is 0 Å². The molecular formula is C16H12Br2O. The molecule has 0 saturated carbocycles. The predicted molar refractivity (Wildman–Crippen MR) is 86.3 cm³/mol. The topological polar surface area (TPSA) is 17.1 Å². The minimum atomic E-state index is 0.0128. The molecule has 3 heteroatoms. The van der Waals surface area contributed by atoms with Gasteiger partial charge in [0, 0.05) is 14.5 Å². The minimum Gasteiger partial charge on any atom is -0.289 e. The molecule has 1 nitrogen and oxygen atoms in total. The number of halogens is 2. The van der Waals surface area contributed by atoms with Gasteiger partial charge in [-0.3, -0.25) is 4.79 Å². The maximum absolute atomic E-state index is 12.2. The molecule has 0 N–H and O–H groups in total. The largest absolute Gasteiger partial charge is 0.289 e. The zero-order valence-electron chi connectivity index (χ0n) is 10.4. The quantitative estimate of drug-likeness (QED) is 0.508. The monoisotopic (exact) mass is 378 g/mol. The SMILES string of the molecule is C/C(=C/C(=O)c1cccc(Br)c1)c1cccc(Br)c1. The molecule has 0 bridgehead atoms. The first-order chi connectivity index (χ1) is 9.06.